The van der Waals surface area contributed by atoms with Gasteiger partial charge in [-0.15, -0.1) is 11.3 Å². The van der Waals surface area contributed by atoms with E-state index >= 15 is 0 Å². The quantitative estimate of drug-likeness (QED) is 0.679. The van der Waals surface area contributed by atoms with E-state index in [1.54, 1.807) is 11.4 Å². The van der Waals surface area contributed by atoms with Crippen molar-refractivity contribution in [3.8, 4) is 11.4 Å². The molecule has 2 heterocycles. The lowest BCUT2D eigenvalue weighted by atomic mass is 10.3. The minimum atomic E-state index is -4.33. The van der Waals surface area contributed by atoms with Crippen molar-refractivity contribution in [1.29, 1.82) is 0 Å². The van der Waals surface area contributed by atoms with Crippen LogP contribution in [0, 0.1) is 0 Å². The molecule has 16 heavy (non-hydrogen) atoms. The zero-order chi connectivity index (χ0) is 11.8. The fourth-order valence-corrected chi connectivity index (χ4v) is 2.21. The lowest BCUT2D eigenvalue weighted by Crippen LogP contribution is -2.09. The van der Waals surface area contributed by atoms with Gasteiger partial charge >= 0.3 is 7.60 Å². The van der Waals surface area contributed by atoms with Gasteiger partial charge in [-0.2, -0.15) is 0 Å². The highest BCUT2D eigenvalue weighted by atomic mass is 32.1. The van der Waals surface area contributed by atoms with Gasteiger partial charge < -0.3 is 15.5 Å². The van der Waals surface area contributed by atoms with Crippen molar-refractivity contribution in [3.63, 3.8) is 0 Å². The van der Waals surface area contributed by atoms with Crippen molar-refractivity contribution in [2.24, 2.45) is 0 Å². The van der Waals surface area contributed by atoms with E-state index in [0.717, 1.165) is 0 Å². The highest BCUT2D eigenvalue weighted by Gasteiger charge is 2.19. The second kappa shape index (κ2) is 3.95. The maximum atomic E-state index is 11.0. The Bertz CT molecular complexity index is 565. The Labute approximate surface area is 95.0 Å². The summed E-state index contributed by atoms with van der Waals surface area (Å²) < 4.78 is 11.0. The molecule has 0 saturated carbocycles. The van der Waals surface area contributed by atoms with Crippen LogP contribution in [0.5, 0.6) is 0 Å². The third kappa shape index (κ3) is 2.28. The van der Waals surface area contributed by atoms with E-state index in [1.807, 2.05) is 0 Å². The summed E-state index contributed by atoms with van der Waals surface area (Å²) >= 11 is 1.25. The molecule has 2 aromatic rings. The van der Waals surface area contributed by atoms with Crippen LogP contribution < -0.4 is 11.2 Å². The highest BCUT2D eigenvalue weighted by Crippen LogP contribution is 2.32. The Kier molecular flexibility index (Phi) is 2.77. The first kappa shape index (κ1) is 11.2. The molecule has 0 saturated heterocycles. The SMILES string of the molecule is Nc1nc(-c2cccc(P(=O)(O)O)n2)cs1. The van der Waals surface area contributed by atoms with E-state index in [-0.39, 0.29) is 5.44 Å². The number of hydrogen-bond acceptors (Lipinski definition) is 5. The largest absolute Gasteiger partial charge is 0.375 e. The van der Waals surface area contributed by atoms with Crippen LogP contribution in [0.2, 0.25) is 0 Å². The summed E-state index contributed by atoms with van der Waals surface area (Å²) in [5.41, 5.74) is 6.11. The Morgan fingerprint density at radius 1 is 1.25 bits per heavy atom. The summed E-state index contributed by atoms with van der Waals surface area (Å²) in [4.78, 5) is 25.8. The van der Waals surface area contributed by atoms with E-state index in [4.69, 9.17) is 15.5 Å². The molecule has 4 N–H and O–H groups in total. The zero-order valence-corrected chi connectivity index (χ0v) is 9.65. The second-order valence-electron chi connectivity index (χ2n) is 3.00. The maximum Gasteiger partial charge on any atom is 0.374 e. The average molecular weight is 257 g/mol. The summed E-state index contributed by atoms with van der Waals surface area (Å²) in [6.07, 6.45) is 0. The predicted octanol–water partition coefficient (Wildman–Crippen LogP) is 0.590. The van der Waals surface area contributed by atoms with E-state index in [0.29, 0.717) is 16.5 Å². The van der Waals surface area contributed by atoms with Gasteiger partial charge in [0.2, 0.25) is 0 Å². The van der Waals surface area contributed by atoms with Gasteiger partial charge in [0.25, 0.3) is 0 Å². The molecule has 2 rings (SSSR count). The topological polar surface area (TPSA) is 109 Å². The highest BCUT2D eigenvalue weighted by molar-refractivity contribution is 7.60. The number of rotatable bonds is 2. The van der Waals surface area contributed by atoms with Crippen LogP contribution in [0.25, 0.3) is 11.4 Å². The van der Waals surface area contributed by atoms with Gasteiger partial charge in [0.05, 0.1) is 5.69 Å². The molecular weight excluding hydrogens is 249 g/mol. The zero-order valence-electron chi connectivity index (χ0n) is 7.94. The first-order valence-corrected chi connectivity index (χ1v) is 6.70. The van der Waals surface area contributed by atoms with Crippen LogP contribution in [0.15, 0.2) is 23.6 Å². The number of nitrogens with zero attached hydrogens (tertiary/aromatic N) is 2. The van der Waals surface area contributed by atoms with E-state index in [1.165, 1.54) is 23.5 Å². The first-order valence-electron chi connectivity index (χ1n) is 4.21. The molecule has 0 aliphatic carbocycles. The van der Waals surface area contributed by atoms with Crippen molar-refractivity contribution in [2.45, 2.75) is 0 Å². The van der Waals surface area contributed by atoms with E-state index < -0.39 is 7.60 Å². The van der Waals surface area contributed by atoms with Gasteiger partial charge in [-0.3, -0.25) is 4.57 Å². The van der Waals surface area contributed by atoms with Crippen LogP contribution in [0.3, 0.4) is 0 Å². The fourth-order valence-electron chi connectivity index (χ4n) is 1.13. The van der Waals surface area contributed by atoms with Crippen LogP contribution in [-0.2, 0) is 4.57 Å². The minimum Gasteiger partial charge on any atom is -0.375 e. The molecule has 0 radical (unpaired) electrons. The number of nitrogen functional groups attached to an aromatic ring is 1. The summed E-state index contributed by atoms with van der Waals surface area (Å²) in [6, 6.07) is 4.42. The van der Waals surface area contributed by atoms with Crippen molar-refractivity contribution < 1.29 is 14.4 Å². The third-order valence-corrected chi connectivity index (χ3v) is 3.34. The monoisotopic (exact) mass is 257 g/mol. The molecule has 0 bridgehead atoms. The smallest absolute Gasteiger partial charge is 0.374 e. The summed E-state index contributed by atoms with van der Waals surface area (Å²) in [5.74, 6) is 0. The average Bonchev–Trinajstić information content (AvgIpc) is 2.64. The molecule has 0 amide bonds. The predicted molar refractivity (Wildman–Crippen MR) is 61.4 cm³/mol. The number of hydrogen-bond donors (Lipinski definition) is 3. The molecule has 0 unspecified atom stereocenters. The molecule has 0 aliphatic rings. The molecule has 6 nitrogen and oxygen atoms in total. The van der Waals surface area contributed by atoms with E-state index in [9.17, 15) is 4.57 Å². The molecule has 0 fully saturated rings. The molecule has 0 atom stereocenters. The lowest BCUT2D eigenvalue weighted by molar-refractivity contribution is 0.386. The van der Waals surface area contributed by atoms with E-state index in [2.05, 4.69) is 9.97 Å². The Hall–Kier alpha value is -1.27. The Morgan fingerprint density at radius 2 is 2.00 bits per heavy atom. The van der Waals surface area contributed by atoms with Gasteiger partial charge in [0.15, 0.2) is 10.6 Å². The standard InChI is InChI=1S/C8H8N3O3PS/c9-8-11-6(4-16-8)5-2-1-3-7(10-5)15(12,13)14/h1-4H,(H2,9,11)(H2,12,13,14). The lowest BCUT2D eigenvalue weighted by Gasteiger charge is -2.03. The van der Waals surface area contributed by atoms with Crippen molar-refractivity contribution in [2.75, 3.05) is 5.73 Å². The maximum absolute atomic E-state index is 11.0. The number of anilines is 1. The Morgan fingerprint density at radius 3 is 2.56 bits per heavy atom. The van der Waals surface area contributed by atoms with Gasteiger partial charge in [0.1, 0.15) is 5.69 Å². The second-order valence-corrected chi connectivity index (χ2v) is 5.43. The number of nitrogens with two attached hydrogens (primary N) is 1. The number of pyridine rings is 1. The first-order chi connectivity index (χ1) is 7.47. The normalized spacial score (nSPS) is 11.6. The van der Waals surface area contributed by atoms with Gasteiger partial charge in [-0.25, -0.2) is 9.97 Å². The molecule has 2 aromatic heterocycles. The van der Waals surface area contributed by atoms with Crippen molar-refractivity contribution in [1.82, 2.24) is 9.97 Å². The Balaban J connectivity index is 2.48. The van der Waals surface area contributed by atoms with Crippen molar-refractivity contribution in [3.05, 3.63) is 23.6 Å². The third-order valence-electron chi connectivity index (χ3n) is 1.82. The molecule has 8 heteroatoms. The molecular formula is C8H8N3O3PS. The van der Waals surface area contributed by atoms with Crippen LogP contribution in [0.1, 0.15) is 0 Å². The van der Waals surface area contributed by atoms with Gasteiger partial charge in [-0.05, 0) is 12.1 Å². The van der Waals surface area contributed by atoms with Gasteiger partial charge in [0, 0.05) is 5.38 Å². The van der Waals surface area contributed by atoms with Crippen LogP contribution in [0.4, 0.5) is 5.13 Å². The number of aromatic nitrogens is 2. The molecule has 0 aromatic carbocycles. The van der Waals surface area contributed by atoms with Crippen molar-refractivity contribution >= 4 is 29.5 Å². The fraction of sp³-hybridized carbons (Fsp3) is 0. The molecule has 84 valence electrons. The summed E-state index contributed by atoms with van der Waals surface area (Å²) in [7, 11) is -4.33. The van der Waals surface area contributed by atoms with Crippen LogP contribution >= 0.6 is 18.9 Å². The number of thiazole rings is 1. The van der Waals surface area contributed by atoms with Crippen LogP contribution in [-0.4, -0.2) is 19.8 Å². The van der Waals surface area contributed by atoms with Gasteiger partial charge in [-0.1, -0.05) is 6.07 Å². The molecule has 0 spiro atoms. The molecule has 0 aliphatic heterocycles. The summed E-state index contributed by atoms with van der Waals surface area (Å²) in [5, 5.41) is 2.07. The minimum absolute atomic E-state index is 0.267. The summed E-state index contributed by atoms with van der Waals surface area (Å²) in [6.45, 7) is 0.